The Labute approximate surface area is 128 Å². The number of alkyl halides is 3. The Morgan fingerprint density at radius 3 is 2.55 bits per heavy atom. The molecule has 2 aromatic heterocycles. The third-order valence-electron chi connectivity index (χ3n) is 2.70. The molecule has 0 aliphatic heterocycles. The number of thiophene rings is 1. The molecule has 2 aromatic rings. The van der Waals surface area contributed by atoms with E-state index in [1.54, 1.807) is 13.0 Å². The van der Waals surface area contributed by atoms with E-state index in [4.69, 9.17) is 0 Å². The molecule has 0 bridgehead atoms. The van der Waals surface area contributed by atoms with Gasteiger partial charge in [-0.25, -0.2) is 8.42 Å². The zero-order valence-corrected chi connectivity index (χ0v) is 13.2. The Kier molecular flexibility index (Phi) is 4.59. The fraction of sp³-hybridized carbons (Fsp3) is 0.455. The van der Waals surface area contributed by atoms with Crippen molar-refractivity contribution in [3.63, 3.8) is 0 Å². The van der Waals surface area contributed by atoms with Gasteiger partial charge < -0.3 is 4.52 Å². The molecule has 122 valence electrons. The first-order valence-corrected chi connectivity index (χ1v) is 8.73. The summed E-state index contributed by atoms with van der Waals surface area (Å²) in [5, 5.41) is 3.29. The predicted molar refractivity (Wildman–Crippen MR) is 73.5 cm³/mol. The Morgan fingerprint density at radius 1 is 1.36 bits per heavy atom. The van der Waals surface area contributed by atoms with Gasteiger partial charge in [0.1, 0.15) is 0 Å². The summed E-state index contributed by atoms with van der Waals surface area (Å²) < 4.78 is 65.7. The maximum absolute atomic E-state index is 12.4. The van der Waals surface area contributed by atoms with Crippen molar-refractivity contribution in [1.82, 2.24) is 14.4 Å². The van der Waals surface area contributed by atoms with E-state index < -0.39 is 22.1 Å². The van der Waals surface area contributed by atoms with E-state index in [-0.39, 0.29) is 12.4 Å². The molecule has 0 unspecified atom stereocenters. The van der Waals surface area contributed by atoms with Crippen LogP contribution in [0.4, 0.5) is 13.2 Å². The Bertz CT molecular complexity index is 752. The van der Waals surface area contributed by atoms with E-state index in [1.807, 2.05) is 0 Å². The van der Waals surface area contributed by atoms with Crippen LogP contribution in [0.15, 0.2) is 16.7 Å². The molecule has 0 aliphatic rings. The lowest BCUT2D eigenvalue weighted by Gasteiger charge is -2.16. The first-order chi connectivity index (χ1) is 10.1. The van der Waals surface area contributed by atoms with Gasteiger partial charge in [0.15, 0.2) is 0 Å². The lowest BCUT2D eigenvalue weighted by atomic mass is 10.4. The number of halogens is 3. The van der Waals surface area contributed by atoms with Crippen LogP contribution in [0.5, 0.6) is 0 Å². The highest BCUT2D eigenvalue weighted by Crippen LogP contribution is 2.32. The van der Waals surface area contributed by atoms with E-state index in [0.717, 1.165) is 17.6 Å². The van der Waals surface area contributed by atoms with E-state index in [9.17, 15) is 21.6 Å². The van der Waals surface area contributed by atoms with Gasteiger partial charge in [-0.3, -0.25) is 0 Å². The van der Waals surface area contributed by atoms with Crippen LogP contribution in [0.25, 0.3) is 10.7 Å². The van der Waals surface area contributed by atoms with Gasteiger partial charge in [-0.15, -0.1) is 11.3 Å². The van der Waals surface area contributed by atoms with Crippen molar-refractivity contribution in [2.75, 3.05) is 12.8 Å². The normalized spacial score (nSPS) is 13.0. The van der Waals surface area contributed by atoms with Gasteiger partial charge in [0, 0.05) is 18.0 Å². The van der Waals surface area contributed by atoms with Gasteiger partial charge in [0.2, 0.25) is 15.8 Å². The smallest absolute Gasteiger partial charge is 0.329 e. The van der Waals surface area contributed by atoms with E-state index in [2.05, 4.69) is 14.7 Å². The lowest BCUT2D eigenvalue weighted by Crippen LogP contribution is -2.28. The molecule has 2 heterocycles. The molecule has 6 nitrogen and oxygen atoms in total. The Hall–Kier alpha value is -1.46. The number of hydrogen-bond acceptors (Lipinski definition) is 6. The number of rotatable bonds is 5. The fourth-order valence-corrected chi connectivity index (χ4v) is 3.53. The topological polar surface area (TPSA) is 76.3 Å². The third-order valence-corrected chi connectivity index (χ3v) is 5.10. The van der Waals surface area contributed by atoms with Crippen LogP contribution < -0.4 is 0 Å². The molecule has 2 rings (SSSR count). The largest absolute Gasteiger partial charge is 0.471 e. The Morgan fingerprint density at radius 2 is 2.05 bits per heavy atom. The molecule has 11 heteroatoms. The average Bonchev–Trinajstić information content (AvgIpc) is 3.02. The molecule has 0 radical (unpaired) electrons. The van der Waals surface area contributed by atoms with E-state index >= 15 is 0 Å². The summed E-state index contributed by atoms with van der Waals surface area (Å²) >= 11 is 1.11. The summed E-state index contributed by atoms with van der Waals surface area (Å²) in [5.41, 5.74) is 0. The van der Waals surface area contributed by atoms with Crippen LogP contribution in [0.3, 0.4) is 0 Å². The first-order valence-electron chi connectivity index (χ1n) is 6.06. The molecule has 0 spiro atoms. The number of sulfonamides is 1. The molecular weight excluding hydrogens is 343 g/mol. The lowest BCUT2D eigenvalue weighted by molar-refractivity contribution is -0.159. The molecule has 0 amide bonds. The van der Waals surface area contributed by atoms with Gasteiger partial charge in [-0.1, -0.05) is 12.1 Å². The zero-order chi connectivity index (χ0) is 16.5. The number of hydrogen-bond donors (Lipinski definition) is 0. The van der Waals surface area contributed by atoms with Gasteiger partial charge in [-0.2, -0.15) is 22.5 Å². The van der Waals surface area contributed by atoms with Crippen LogP contribution in [0.2, 0.25) is 0 Å². The second kappa shape index (κ2) is 5.97. The van der Waals surface area contributed by atoms with Gasteiger partial charge >= 0.3 is 12.1 Å². The van der Waals surface area contributed by atoms with Gasteiger partial charge in [0.25, 0.3) is 0 Å². The van der Waals surface area contributed by atoms with Crippen LogP contribution >= 0.6 is 11.3 Å². The molecule has 0 aliphatic carbocycles. The standard InChI is InChI=1S/C11H12F3N3O3S2/c1-3-17(22(2,18)19)6-7-4-5-8(21-7)9-15-10(20-16-9)11(12,13)14/h4-5H,3,6H2,1-2H3. The minimum atomic E-state index is -4.69. The highest BCUT2D eigenvalue weighted by Gasteiger charge is 2.38. The van der Waals surface area contributed by atoms with Gasteiger partial charge in [0.05, 0.1) is 11.1 Å². The number of aromatic nitrogens is 2. The first kappa shape index (κ1) is 16.9. The molecule has 0 atom stereocenters. The molecule has 0 saturated carbocycles. The number of nitrogens with zero attached hydrogens (tertiary/aromatic N) is 3. The predicted octanol–water partition coefficient (Wildman–Crippen LogP) is 2.60. The van der Waals surface area contributed by atoms with Crippen molar-refractivity contribution in [1.29, 1.82) is 0 Å². The van der Waals surface area contributed by atoms with Crippen LogP contribution in [0.1, 0.15) is 17.7 Å². The SMILES string of the molecule is CCN(Cc1ccc(-c2noc(C(F)(F)F)n2)s1)S(C)(=O)=O. The molecule has 0 saturated heterocycles. The second-order valence-corrected chi connectivity index (χ2v) is 7.53. The molecule has 0 N–H and O–H groups in total. The van der Waals surface area contributed by atoms with E-state index in [0.29, 0.717) is 16.3 Å². The molecule has 22 heavy (non-hydrogen) atoms. The third kappa shape index (κ3) is 3.84. The van der Waals surface area contributed by atoms with Crippen molar-refractivity contribution < 1.29 is 26.1 Å². The minimum absolute atomic E-state index is 0.143. The summed E-state index contributed by atoms with van der Waals surface area (Å²) in [6.45, 7) is 2.14. The van der Waals surface area contributed by atoms with Crippen molar-refractivity contribution in [2.24, 2.45) is 0 Å². The van der Waals surface area contributed by atoms with Crippen LogP contribution in [0, 0.1) is 0 Å². The zero-order valence-electron chi connectivity index (χ0n) is 11.6. The maximum atomic E-state index is 12.4. The molecule has 0 fully saturated rings. The second-order valence-electron chi connectivity index (χ2n) is 4.38. The highest BCUT2D eigenvalue weighted by molar-refractivity contribution is 7.88. The van der Waals surface area contributed by atoms with Crippen LogP contribution in [-0.4, -0.2) is 35.7 Å². The molecule has 0 aromatic carbocycles. The summed E-state index contributed by atoms with van der Waals surface area (Å²) in [4.78, 5) is 4.33. The summed E-state index contributed by atoms with van der Waals surface area (Å²) in [5.74, 6) is -1.59. The fourth-order valence-electron chi connectivity index (χ4n) is 1.66. The maximum Gasteiger partial charge on any atom is 0.471 e. The minimum Gasteiger partial charge on any atom is -0.329 e. The van der Waals surface area contributed by atoms with E-state index in [1.165, 1.54) is 10.4 Å². The quantitative estimate of drug-likeness (QED) is 0.824. The Balaban J connectivity index is 2.20. The van der Waals surface area contributed by atoms with Gasteiger partial charge in [-0.05, 0) is 12.1 Å². The summed E-state index contributed by atoms with van der Waals surface area (Å²) in [6, 6.07) is 3.15. The van der Waals surface area contributed by atoms with Crippen molar-refractivity contribution in [3.8, 4) is 10.7 Å². The highest BCUT2D eigenvalue weighted by atomic mass is 32.2. The van der Waals surface area contributed by atoms with Crippen LogP contribution in [-0.2, 0) is 22.7 Å². The average molecular weight is 355 g/mol. The van der Waals surface area contributed by atoms with Crippen molar-refractivity contribution in [3.05, 3.63) is 22.9 Å². The van der Waals surface area contributed by atoms with Crippen molar-refractivity contribution in [2.45, 2.75) is 19.6 Å². The summed E-state index contributed by atoms with van der Waals surface area (Å²) in [6.07, 6.45) is -3.60. The van der Waals surface area contributed by atoms with Crippen molar-refractivity contribution >= 4 is 21.4 Å². The molecular formula is C11H12F3N3O3S2. The summed E-state index contributed by atoms with van der Waals surface area (Å²) in [7, 11) is -3.34. The monoisotopic (exact) mass is 355 g/mol.